The van der Waals surface area contributed by atoms with Gasteiger partial charge in [0, 0.05) is 19.6 Å². The summed E-state index contributed by atoms with van der Waals surface area (Å²) in [5, 5.41) is 20.2. The van der Waals surface area contributed by atoms with Crippen LogP contribution in [0.2, 0.25) is 0 Å². The number of aliphatic hydroxyl groups is 1. The molecule has 2 N–H and O–H groups in total. The SMILES string of the molecule is CCNC(=O)c1ccc(N2CCC[C@H](O)C2)nn1. The summed E-state index contributed by atoms with van der Waals surface area (Å²) in [6.45, 7) is 3.87. The Labute approximate surface area is 106 Å². The van der Waals surface area contributed by atoms with Crippen LogP contribution in [0.25, 0.3) is 0 Å². The zero-order chi connectivity index (χ0) is 13.0. The molecule has 1 saturated heterocycles. The molecule has 18 heavy (non-hydrogen) atoms. The van der Waals surface area contributed by atoms with E-state index < -0.39 is 0 Å². The number of carbonyl (C=O) groups is 1. The molecule has 1 amide bonds. The summed E-state index contributed by atoms with van der Waals surface area (Å²) in [6.07, 6.45) is 1.48. The summed E-state index contributed by atoms with van der Waals surface area (Å²) >= 11 is 0. The summed E-state index contributed by atoms with van der Waals surface area (Å²) < 4.78 is 0. The number of piperidine rings is 1. The van der Waals surface area contributed by atoms with E-state index in [1.54, 1.807) is 12.1 Å². The van der Waals surface area contributed by atoms with Gasteiger partial charge in [-0.05, 0) is 31.9 Å². The van der Waals surface area contributed by atoms with Gasteiger partial charge in [0.15, 0.2) is 11.5 Å². The summed E-state index contributed by atoms with van der Waals surface area (Å²) in [6, 6.07) is 3.43. The van der Waals surface area contributed by atoms with Gasteiger partial charge in [0.1, 0.15) is 0 Å². The van der Waals surface area contributed by atoms with Crippen molar-refractivity contribution >= 4 is 11.7 Å². The van der Waals surface area contributed by atoms with Crippen molar-refractivity contribution in [3.8, 4) is 0 Å². The Morgan fingerprint density at radius 2 is 2.39 bits per heavy atom. The van der Waals surface area contributed by atoms with E-state index >= 15 is 0 Å². The van der Waals surface area contributed by atoms with Crippen molar-refractivity contribution in [2.24, 2.45) is 0 Å². The molecule has 0 radical (unpaired) electrons. The molecule has 0 aliphatic carbocycles. The molecule has 98 valence electrons. The predicted molar refractivity (Wildman–Crippen MR) is 67.5 cm³/mol. The quantitative estimate of drug-likeness (QED) is 0.800. The van der Waals surface area contributed by atoms with Crippen LogP contribution in [0.5, 0.6) is 0 Å². The molecule has 0 bridgehead atoms. The van der Waals surface area contributed by atoms with Crippen LogP contribution >= 0.6 is 0 Å². The van der Waals surface area contributed by atoms with Gasteiger partial charge < -0.3 is 15.3 Å². The van der Waals surface area contributed by atoms with E-state index in [2.05, 4.69) is 15.5 Å². The van der Waals surface area contributed by atoms with Gasteiger partial charge >= 0.3 is 0 Å². The Hall–Kier alpha value is -1.69. The number of rotatable bonds is 3. The second-order valence-corrected chi connectivity index (χ2v) is 4.38. The third-order valence-corrected chi connectivity index (χ3v) is 2.94. The van der Waals surface area contributed by atoms with E-state index in [1.165, 1.54) is 0 Å². The Morgan fingerprint density at radius 3 is 3.00 bits per heavy atom. The zero-order valence-corrected chi connectivity index (χ0v) is 10.5. The van der Waals surface area contributed by atoms with Crippen molar-refractivity contribution in [3.05, 3.63) is 17.8 Å². The number of nitrogens with zero attached hydrogens (tertiary/aromatic N) is 3. The van der Waals surface area contributed by atoms with Crippen LogP contribution in [0.3, 0.4) is 0 Å². The van der Waals surface area contributed by atoms with E-state index in [0.717, 1.165) is 19.4 Å². The number of hydrogen-bond acceptors (Lipinski definition) is 5. The van der Waals surface area contributed by atoms with Gasteiger partial charge in [-0.25, -0.2) is 0 Å². The standard InChI is InChI=1S/C12H18N4O2/c1-2-13-12(18)10-5-6-11(15-14-10)16-7-3-4-9(17)8-16/h5-6,9,17H,2-4,7-8H2,1H3,(H,13,18)/t9-/m0/s1. The van der Waals surface area contributed by atoms with Crippen molar-refractivity contribution in [1.29, 1.82) is 0 Å². The van der Waals surface area contributed by atoms with E-state index in [9.17, 15) is 9.90 Å². The minimum absolute atomic E-state index is 0.213. The molecule has 0 unspecified atom stereocenters. The third kappa shape index (κ3) is 2.95. The fraction of sp³-hybridized carbons (Fsp3) is 0.583. The Kier molecular flexibility index (Phi) is 4.09. The maximum absolute atomic E-state index is 11.5. The molecule has 0 aromatic carbocycles. The minimum Gasteiger partial charge on any atom is -0.391 e. The lowest BCUT2D eigenvalue weighted by Crippen LogP contribution is -2.38. The largest absolute Gasteiger partial charge is 0.391 e. The number of hydrogen-bond donors (Lipinski definition) is 2. The summed E-state index contributed by atoms with van der Waals surface area (Å²) in [4.78, 5) is 13.5. The number of aromatic nitrogens is 2. The Balaban J connectivity index is 2.05. The van der Waals surface area contributed by atoms with E-state index in [0.29, 0.717) is 24.6 Å². The molecule has 1 aromatic rings. The van der Waals surface area contributed by atoms with Crippen LogP contribution in [0.4, 0.5) is 5.82 Å². The summed E-state index contributed by atoms with van der Waals surface area (Å²) in [7, 11) is 0. The average Bonchev–Trinajstić information content (AvgIpc) is 2.39. The highest BCUT2D eigenvalue weighted by Gasteiger charge is 2.19. The van der Waals surface area contributed by atoms with Gasteiger partial charge in [-0.1, -0.05) is 0 Å². The molecule has 1 aliphatic heterocycles. The third-order valence-electron chi connectivity index (χ3n) is 2.94. The second kappa shape index (κ2) is 5.77. The van der Waals surface area contributed by atoms with E-state index in [4.69, 9.17) is 0 Å². The number of amides is 1. The Morgan fingerprint density at radius 1 is 1.56 bits per heavy atom. The second-order valence-electron chi connectivity index (χ2n) is 4.38. The topological polar surface area (TPSA) is 78.4 Å². The highest BCUT2D eigenvalue weighted by Crippen LogP contribution is 2.16. The zero-order valence-electron chi connectivity index (χ0n) is 10.5. The monoisotopic (exact) mass is 250 g/mol. The van der Waals surface area contributed by atoms with Gasteiger partial charge in [-0.15, -0.1) is 10.2 Å². The summed E-state index contributed by atoms with van der Waals surface area (Å²) in [5.74, 6) is 0.497. The van der Waals surface area contributed by atoms with Gasteiger partial charge in [0.05, 0.1) is 6.10 Å². The molecule has 1 aromatic heterocycles. The minimum atomic E-state index is -0.302. The molecular formula is C12H18N4O2. The first-order chi connectivity index (χ1) is 8.70. The first-order valence-electron chi connectivity index (χ1n) is 6.25. The average molecular weight is 250 g/mol. The molecule has 1 aliphatic rings. The lowest BCUT2D eigenvalue weighted by atomic mass is 10.1. The molecule has 0 saturated carbocycles. The van der Waals surface area contributed by atoms with Crippen molar-refractivity contribution < 1.29 is 9.90 Å². The molecule has 2 rings (SSSR count). The number of nitrogens with one attached hydrogen (secondary N) is 1. The summed E-state index contributed by atoms with van der Waals surface area (Å²) in [5.41, 5.74) is 0.318. The van der Waals surface area contributed by atoms with Gasteiger partial charge in [-0.2, -0.15) is 0 Å². The maximum atomic E-state index is 11.5. The molecule has 0 spiro atoms. The first kappa shape index (κ1) is 12.8. The molecule has 2 heterocycles. The lowest BCUT2D eigenvalue weighted by Gasteiger charge is -2.30. The highest BCUT2D eigenvalue weighted by molar-refractivity contribution is 5.92. The molecular weight excluding hydrogens is 232 g/mol. The predicted octanol–water partition coefficient (Wildman–Crippen LogP) is 0.187. The van der Waals surface area contributed by atoms with Gasteiger partial charge in [0.25, 0.3) is 5.91 Å². The fourth-order valence-corrected chi connectivity index (χ4v) is 2.03. The molecule has 1 fully saturated rings. The highest BCUT2D eigenvalue weighted by atomic mass is 16.3. The van der Waals surface area contributed by atoms with E-state index in [-0.39, 0.29) is 12.0 Å². The van der Waals surface area contributed by atoms with Crippen LogP contribution in [0, 0.1) is 0 Å². The van der Waals surface area contributed by atoms with Gasteiger partial charge in [0.2, 0.25) is 0 Å². The molecule has 6 nitrogen and oxygen atoms in total. The van der Waals surface area contributed by atoms with E-state index in [1.807, 2.05) is 11.8 Å². The molecule has 1 atom stereocenters. The maximum Gasteiger partial charge on any atom is 0.271 e. The van der Waals surface area contributed by atoms with Crippen LogP contribution in [0.15, 0.2) is 12.1 Å². The van der Waals surface area contributed by atoms with Crippen molar-refractivity contribution in [2.75, 3.05) is 24.5 Å². The van der Waals surface area contributed by atoms with Gasteiger partial charge in [-0.3, -0.25) is 4.79 Å². The normalized spacial score (nSPS) is 19.7. The number of anilines is 1. The number of β-amino-alcohol motifs (C(OH)–C–C–N with tert-alkyl or cyclic N) is 1. The fourth-order valence-electron chi connectivity index (χ4n) is 2.03. The lowest BCUT2D eigenvalue weighted by molar-refractivity contribution is 0.0949. The number of carbonyl (C=O) groups excluding carboxylic acids is 1. The van der Waals surface area contributed by atoms with Crippen molar-refractivity contribution in [1.82, 2.24) is 15.5 Å². The van der Waals surface area contributed by atoms with Crippen molar-refractivity contribution in [2.45, 2.75) is 25.9 Å². The first-order valence-corrected chi connectivity index (χ1v) is 6.25. The van der Waals surface area contributed by atoms with Crippen LogP contribution in [-0.2, 0) is 0 Å². The van der Waals surface area contributed by atoms with Crippen LogP contribution in [-0.4, -0.2) is 46.9 Å². The molecule has 6 heteroatoms. The van der Waals surface area contributed by atoms with Crippen molar-refractivity contribution in [3.63, 3.8) is 0 Å². The van der Waals surface area contributed by atoms with Crippen LogP contribution < -0.4 is 10.2 Å². The number of aliphatic hydroxyl groups excluding tert-OH is 1. The smallest absolute Gasteiger partial charge is 0.271 e. The Bertz CT molecular complexity index is 407. The van der Waals surface area contributed by atoms with Crippen LogP contribution in [0.1, 0.15) is 30.3 Å².